The van der Waals surface area contributed by atoms with Gasteiger partial charge in [0, 0.05) is 16.6 Å². The van der Waals surface area contributed by atoms with Crippen molar-refractivity contribution in [2.75, 3.05) is 0 Å². The van der Waals surface area contributed by atoms with Gasteiger partial charge in [0.2, 0.25) is 0 Å². The highest BCUT2D eigenvalue weighted by Gasteiger charge is 2.40. The molecule has 0 spiro atoms. The summed E-state index contributed by atoms with van der Waals surface area (Å²) in [5, 5.41) is 0.362. The van der Waals surface area contributed by atoms with Gasteiger partial charge in [-0.2, -0.15) is 0 Å². The molecule has 0 saturated carbocycles. The van der Waals surface area contributed by atoms with Gasteiger partial charge in [-0.15, -0.1) is 11.8 Å². The molecule has 0 aliphatic carbocycles. The molecule has 0 radical (unpaired) electrons. The summed E-state index contributed by atoms with van der Waals surface area (Å²) in [6.07, 6.45) is 1.12. The summed E-state index contributed by atoms with van der Waals surface area (Å²) < 4.78 is -0.305. The lowest BCUT2D eigenvalue weighted by Gasteiger charge is -2.39. The van der Waals surface area contributed by atoms with E-state index in [4.69, 9.17) is 0 Å². The van der Waals surface area contributed by atoms with E-state index in [0.29, 0.717) is 11.2 Å². The highest BCUT2D eigenvalue weighted by atomic mass is 32.2. The number of hydrogen-bond donors (Lipinski definition) is 1. The summed E-state index contributed by atoms with van der Waals surface area (Å²) in [5.41, 5.74) is 7.90. The van der Waals surface area contributed by atoms with Crippen molar-refractivity contribution in [1.29, 1.82) is 0 Å². The maximum absolute atomic E-state index is 3.55. The first-order chi connectivity index (χ1) is 15.5. The van der Waals surface area contributed by atoms with Gasteiger partial charge in [0.05, 0.1) is 4.75 Å². The second kappa shape index (κ2) is 9.83. The molecule has 0 aliphatic heterocycles. The lowest BCUT2D eigenvalue weighted by atomic mass is 9.84. The van der Waals surface area contributed by atoms with Crippen molar-refractivity contribution in [1.82, 2.24) is 4.98 Å². The van der Waals surface area contributed by atoms with Crippen LogP contribution in [0.2, 0.25) is 0 Å². The molecule has 1 heterocycles. The topological polar surface area (TPSA) is 15.8 Å². The molecule has 4 rings (SSSR count). The van der Waals surface area contributed by atoms with Gasteiger partial charge in [0.1, 0.15) is 0 Å². The smallest absolute Gasteiger partial charge is 0.0913 e. The van der Waals surface area contributed by atoms with E-state index in [1.54, 1.807) is 0 Å². The number of aryl methyl sites for hydroxylation is 2. The molecule has 0 saturated heterocycles. The first kappa shape index (κ1) is 22.5. The minimum atomic E-state index is -0.305. The fourth-order valence-electron chi connectivity index (χ4n) is 4.68. The van der Waals surface area contributed by atoms with Crippen molar-refractivity contribution in [2.24, 2.45) is 5.92 Å². The summed E-state index contributed by atoms with van der Waals surface area (Å²) in [6.45, 7) is 9.03. The minimum absolute atomic E-state index is 0.305. The van der Waals surface area contributed by atoms with Gasteiger partial charge in [-0.05, 0) is 54.5 Å². The number of aromatic amines is 1. The van der Waals surface area contributed by atoms with E-state index >= 15 is 0 Å². The highest BCUT2D eigenvalue weighted by molar-refractivity contribution is 8.00. The van der Waals surface area contributed by atoms with E-state index in [-0.39, 0.29) is 4.75 Å². The van der Waals surface area contributed by atoms with E-state index in [1.165, 1.54) is 33.6 Å². The molecule has 0 bridgehead atoms. The Hall–Kier alpha value is -2.71. The van der Waals surface area contributed by atoms with E-state index in [1.807, 2.05) is 0 Å². The van der Waals surface area contributed by atoms with Crippen LogP contribution in [0.4, 0.5) is 0 Å². The van der Waals surface area contributed by atoms with Crippen LogP contribution < -0.4 is 0 Å². The molecule has 2 heteroatoms. The highest BCUT2D eigenvalue weighted by Crippen LogP contribution is 2.55. The van der Waals surface area contributed by atoms with Crippen LogP contribution in [-0.2, 0) is 4.75 Å². The van der Waals surface area contributed by atoms with E-state index < -0.39 is 0 Å². The molecule has 3 aromatic carbocycles. The Balaban J connectivity index is 1.97. The first-order valence-electron chi connectivity index (χ1n) is 11.5. The molecular formula is C30H33NS. The van der Waals surface area contributed by atoms with Crippen LogP contribution in [0.1, 0.15) is 59.2 Å². The SMILES string of the molecule is Cc1cc(C(CC(C)C)SC(c2ccccc2)(c2ccccc2)c2ccccc2)c(C)[nH]1. The summed E-state index contributed by atoms with van der Waals surface area (Å²) in [6, 6.07) is 35.4. The van der Waals surface area contributed by atoms with Crippen LogP contribution in [0, 0.1) is 19.8 Å². The Morgan fingerprint density at radius 2 is 1.16 bits per heavy atom. The number of hydrogen-bond acceptors (Lipinski definition) is 1. The number of nitrogens with one attached hydrogen (secondary N) is 1. The lowest BCUT2D eigenvalue weighted by molar-refractivity contribution is 0.576. The largest absolute Gasteiger partial charge is 0.362 e. The van der Waals surface area contributed by atoms with Crippen molar-refractivity contribution in [3.8, 4) is 0 Å². The Morgan fingerprint density at radius 3 is 1.50 bits per heavy atom. The van der Waals surface area contributed by atoms with Gasteiger partial charge < -0.3 is 4.98 Å². The van der Waals surface area contributed by atoms with Gasteiger partial charge in [-0.25, -0.2) is 0 Å². The fraction of sp³-hybridized carbons (Fsp3) is 0.267. The molecule has 32 heavy (non-hydrogen) atoms. The van der Waals surface area contributed by atoms with Gasteiger partial charge in [-0.3, -0.25) is 0 Å². The number of aromatic nitrogens is 1. The average molecular weight is 440 g/mol. The van der Waals surface area contributed by atoms with Crippen LogP contribution in [0.5, 0.6) is 0 Å². The molecule has 1 nitrogen and oxygen atoms in total. The fourth-order valence-corrected chi connectivity index (χ4v) is 6.78. The van der Waals surface area contributed by atoms with Gasteiger partial charge in [0.15, 0.2) is 0 Å². The standard InChI is InChI=1S/C30H33NS/c1-22(2)20-29(28-21-23(3)31-24(28)4)32-30(25-14-8-5-9-15-25,26-16-10-6-11-17-26)27-18-12-7-13-19-27/h5-19,21-22,29,31H,20H2,1-4H3. The maximum Gasteiger partial charge on any atom is 0.0913 e. The van der Waals surface area contributed by atoms with Crippen molar-refractivity contribution in [2.45, 2.75) is 44.1 Å². The number of benzene rings is 3. The Labute approximate surface area is 197 Å². The van der Waals surface area contributed by atoms with Gasteiger partial charge in [-0.1, -0.05) is 105 Å². The second-order valence-corrected chi connectivity index (χ2v) is 10.5. The molecule has 1 N–H and O–H groups in total. The summed E-state index contributed by atoms with van der Waals surface area (Å²) in [4.78, 5) is 3.55. The molecule has 164 valence electrons. The first-order valence-corrected chi connectivity index (χ1v) is 12.4. The molecule has 0 fully saturated rings. The normalized spacial score (nSPS) is 12.8. The molecule has 0 amide bonds. The zero-order chi connectivity index (χ0) is 22.6. The zero-order valence-corrected chi connectivity index (χ0v) is 20.3. The van der Waals surface area contributed by atoms with Crippen molar-refractivity contribution in [3.05, 3.63) is 131 Å². The average Bonchev–Trinajstić information content (AvgIpc) is 3.16. The van der Waals surface area contributed by atoms with Crippen LogP contribution in [0.15, 0.2) is 97.1 Å². The minimum Gasteiger partial charge on any atom is -0.362 e. The maximum atomic E-state index is 3.55. The van der Waals surface area contributed by atoms with Crippen LogP contribution in [0.25, 0.3) is 0 Å². The Kier molecular flexibility index (Phi) is 6.91. The van der Waals surface area contributed by atoms with E-state index in [9.17, 15) is 0 Å². The summed E-state index contributed by atoms with van der Waals surface area (Å²) in [7, 11) is 0. The third kappa shape index (κ3) is 4.56. The quantitative estimate of drug-likeness (QED) is 0.272. The van der Waals surface area contributed by atoms with E-state index in [2.05, 4.69) is 142 Å². The molecule has 4 aromatic rings. The van der Waals surface area contributed by atoms with Gasteiger partial charge >= 0.3 is 0 Å². The van der Waals surface area contributed by atoms with E-state index in [0.717, 1.165) is 6.42 Å². The predicted octanol–water partition coefficient (Wildman–Crippen LogP) is 8.44. The second-order valence-electron chi connectivity index (χ2n) is 9.05. The third-order valence-corrected chi connectivity index (χ3v) is 7.87. The lowest BCUT2D eigenvalue weighted by Crippen LogP contribution is -2.27. The summed E-state index contributed by atoms with van der Waals surface area (Å²) in [5.74, 6) is 0.599. The number of rotatable bonds is 8. The number of thioether (sulfide) groups is 1. The molecule has 1 aromatic heterocycles. The predicted molar refractivity (Wildman–Crippen MR) is 139 cm³/mol. The molecular weight excluding hydrogens is 406 g/mol. The zero-order valence-electron chi connectivity index (χ0n) is 19.5. The molecule has 1 atom stereocenters. The Bertz CT molecular complexity index is 1020. The van der Waals surface area contributed by atoms with Crippen molar-refractivity contribution >= 4 is 11.8 Å². The van der Waals surface area contributed by atoms with Gasteiger partial charge in [0.25, 0.3) is 0 Å². The van der Waals surface area contributed by atoms with Crippen LogP contribution in [-0.4, -0.2) is 4.98 Å². The Morgan fingerprint density at radius 1 is 0.719 bits per heavy atom. The van der Waals surface area contributed by atoms with Crippen LogP contribution >= 0.6 is 11.8 Å². The molecule has 0 aliphatic rings. The monoisotopic (exact) mass is 439 g/mol. The number of H-pyrrole nitrogens is 1. The van der Waals surface area contributed by atoms with Crippen molar-refractivity contribution < 1.29 is 0 Å². The van der Waals surface area contributed by atoms with Crippen molar-refractivity contribution in [3.63, 3.8) is 0 Å². The summed E-state index contributed by atoms with van der Waals surface area (Å²) >= 11 is 2.09. The molecule has 1 unspecified atom stereocenters. The van der Waals surface area contributed by atoms with Crippen LogP contribution in [0.3, 0.4) is 0 Å². The third-order valence-electron chi connectivity index (χ3n) is 6.08.